The molecule has 1 aromatic carbocycles. The Morgan fingerprint density at radius 3 is 2.53 bits per heavy atom. The van der Waals surface area contributed by atoms with Gasteiger partial charge in [-0.2, -0.15) is 0 Å². The molecule has 2 aromatic rings. The fourth-order valence-corrected chi connectivity index (χ4v) is 4.53. The molecule has 178 valence electrons. The van der Waals surface area contributed by atoms with E-state index in [9.17, 15) is 19.2 Å². The summed E-state index contributed by atoms with van der Waals surface area (Å²) >= 11 is 0.796. The van der Waals surface area contributed by atoms with E-state index in [2.05, 4.69) is 0 Å². The van der Waals surface area contributed by atoms with Crippen LogP contribution in [-0.2, 0) is 14.3 Å². The van der Waals surface area contributed by atoms with Crippen molar-refractivity contribution >= 4 is 40.9 Å². The summed E-state index contributed by atoms with van der Waals surface area (Å²) in [4.78, 5) is 52.3. The van der Waals surface area contributed by atoms with Gasteiger partial charge < -0.3 is 14.1 Å². The van der Waals surface area contributed by atoms with Crippen molar-refractivity contribution in [1.29, 1.82) is 0 Å². The highest BCUT2D eigenvalue weighted by Crippen LogP contribution is 2.33. The summed E-state index contributed by atoms with van der Waals surface area (Å²) in [5.41, 5.74) is 1.22. The van der Waals surface area contributed by atoms with Crippen LogP contribution in [0.1, 0.15) is 48.7 Å². The number of benzene rings is 1. The lowest BCUT2D eigenvalue weighted by Crippen LogP contribution is -2.40. The Morgan fingerprint density at radius 2 is 1.82 bits per heavy atom. The van der Waals surface area contributed by atoms with Crippen molar-refractivity contribution in [2.24, 2.45) is 0 Å². The molecule has 34 heavy (non-hydrogen) atoms. The van der Waals surface area contributed by atoms with Crippen LogP contribution < -0.4 is 0 Å². The van der Waals surface area contributed by atoms with Gasteiger partial charge in [-0.1, -0.05) is 25.5 Å². The molecule has 0 spiro atoms. The second-order valence-electron chi connectivity index (χ2n) is 8.12. The first-order chi connectivity index (χ1) is 16.5. The van der Waals surface area contributed by atoms with Crippen LogP contribution in [0.2, 0.25) is 0 Å². The van der Waals surface area contributed by atoms with Gasteiger partial charge in [0.15, 0.2) is 0 Å². The molecular formula is C25H26N2O6S. The van der Waals surface area contributed by atoms with E-state index in [1.54, 1.807) is 41.3 Å². The van der Waals surface area contributed by atoms with Crippen molar-refractivity contribution < 1.29 is 28.3 Å². The quantitative estimate of drug-likeness (QED) is 0.309. The number of nitrogens with zero attached hydrogens (tertiary/aromatic N) is 2. The second-order valence-corrected chi connectivity index (χ2v) is 9.12. The maximum Gasteiger partial charge on any atom is 0.338 e. The van der Waals surface area contributed by atoms with Gasteiger partial charge in [-0.05, 0) is 55.3 Å². The molecule has 2 aliphatic rings. The molecule has 0 radical (unpaired) electrons. The van der Waals surface area contributed by atoms with Gasteiger partial charge in [0.25, 0.3) is 11.1 Å². The Labute approximate surface area is 201 Å². The maximum atomic E-state index is 12.7. The maximum absolute atomic E-state index is 12.7. The van der Waals surface area contributed by atoms with Crippen LogP contribution in [-0.4, -0.2) is 59.1 Å². The number of carbonyl (C=O) groups excluding carboxylic acids is 4. The first kappa shape index (κ1) is 23.8. The van der Waals surface area contributed by atoms with Crippen molar-refractivity contribution in [3.63, 3.8) is 0 Å². The fourth-order valence-electron chi connectivity index (χ4n) is 3.72. The average Bonchev–Trinajstić information content (AvgIpc) is 3.58. The summed E-state index contributed by atoms with van der Waals surface area (Å²) in [7, 11) is 0. The van der Waals surface area contributed by atoms with Gasteiger partial charge in [-0.25, -0.2) is 4.79 Å². The number of rotatable bonds is 8. The molecule has 0 atom stereocenters. The number of thioether (sulfide) groups is 1. The van der Waals surface area contributed by atoms with Crippen molar-refractivity contribution in [3.05, 3.63) is 52.6 Å². The zero-order chi connectivity index (χ0) is 24.1. The number of amides is 3. The van der Waals surface area contributed by atoms with E-state index in [4.69, 9.17) is 9.15 Å². The molecular weight excluding hydrogens is 456 g/mol. The fraction of sp³-hybridized carbons (Fsp3) is 0.360. The van der Waals surface area contributed by atoms with Crippen molar-refractivity contribution in [3.8, 4) is 11.3 Å². The Morgan fingerprint density at radius 1 is 1.09 bits per heavy atom. The minimum absolute atomic E-state index is 0.209. The van der Waals surface area contributed by atoms with E-state index >= 15 is 0 Å². The third-order valence-corrected chi connectivity index (χ3v) is 6.57. The third kappa shape index (κ3) is 5.41. The molecule has 0 aliphatic carbocycles. The smallest absolute Gasteiger partial charge is 0.338 e. The van der Waals surface area contributed by atoms with Gasteiger partial charge in [0.05, 0.1) is 17.1 Å². The molecule has 8 nitrogen and oxygen atoms in total. The van der Waals surface area contributed by atoms with E-state index in [1.807, 2.05) is 6.92 Å². The van der Waals surface area contributed by atoms with Crippen LogP contribution in [0.4, 0.5) is 4.79 Å². The minimum atomic E-state index is -0.494. The van der Waals surface area contributed by atoms with Crippen LogP contribution in [0.3, 0.4) is 0 Å². The first-order valence-corrected chi connectivity index (χ1v) is 12.2. The molecule has 0 N–H and O–H groups in total. The monoisotopic (exact) mass is 482 g/mol. The zero-order valence-electron chi connectivity index (χ0n) is 19.0. The van der Waals surface area contributed by atoms with Crippen molar-refractivity contribution in [2.75, 3.05) is 26.2 Å². The number of hydrogen-bond acceptors (Lipinski definition) is 7. The molecule has 4 rings (SSSR count). The largest absolute Gasteiger partial charge is 0.462 e. The lowest BCUT2D eigenvalue weighted by molar-refractivity contribution is -0.135. The van der Waals surface area contributed by atoms with Gasteiger partial charge in [0, 0.05) is 24.7 Å². The predicted octanol–water partition coefficient (Wildman–Crippen LogP) is 4.56. The van der Waals surface area contributed by atoms with E-state index in [1.165, 1.54) is 6.08 Å². The molecule has 2 aliphatic heterocycles. The zero-order valence-corrected chi connectivity index (χ0v) is 19.8. The SMILES string of the molecule is CCCCOC(=O)c1ccc(-c2ccc(/C=C3\SC(=O)N(CC(=O)N4CCCC4)C3=O)o2)cc1. The third-order valence-electron chi connectivity index (χ3n) is 5.66. The minimum Gasteiger partial charge on any atom is -0.462 e. The number of carbonyl (C=O) groups is 4. The average molecular weight is 483 g/mol. The lowest BCUT2D eigenvalue weighted by Gasteiger charge is -2.18. The van der Waals surface area contributed by atoms with E-state index in [-0.39, 0.29) is 23.3 Å². The van der Waals surface area contributed by atoms with E-state index < -0.39 is 11.1 Å². The summed E-state index contributed by atoms with van der Waals surface area (Å²) in [6.45, 7) is 3.53. The van der Waals surface area contributed by atoms with Gasteiger partial charge in [-0.15, -0.1) is 0 Å². The highest BCUT2D eigenvalue weighted by molar-refractivity contribution is 8.18. The van der Waals surface area contributed by atoms with Gasteiger partial charge in [0.2, 0.25) is 5.91 Å². The van der Waals surface area contributed by atoms with Crippen molar-refractivity contribution in [2.45, 2.75) is 32.6 Å². The number of hydrogen-bond donors (Lipinski definition) is 0. The topological polar surface area (TPSA) is 97.1 Å². The molecule has 9 heteroatoms. The normalized spacial score (nSPS) is 17.1. The van der Waals surface area contributed by atoms with Crippen molar-refractivity contribution in [1.82, 2.24) is 9.80 Å². The summed E-state index contributed by atoms with van der Waals surface area (Å²) < 4.78 is 11.0. The highest BCUT2D eigenvalue weighted by atomic mass is 32.2. The number of likely N-dealkylation sites (tertiary alicyclic amines) is 1. The Bertz CT molecular complexity index is 1110. The Hall–Kier alpha value is -3.33. The van der Waals surface area contributed by atoms with Gasteiger partial charge in [0.1, 0.15) is 18.1 Å². The summed E-state index contributed by atoms with van der Waals surface area (Å²) in [5, 5.41) is -0.461. The molecule has 2 fully saturated rings. The van der Waals surface area contributed by atoms with Crippen LogP contribution in [0.15, 0.2) is 45.7 Å². The van der Waals surface area contributed by atoms with E-state index in [0.29, 0.717) is 36.8 Å². The van der Waals surface area contributed by atoms with Crippen LogP contribution >= 0.6 is 11.8 Å². The number of ether oxygens (including phenoxy) is 1. The lowest BCUT2D eigenvalue weighted by atomic mass is 10.1. The molecule has 0 bridgehead atoms. The summed E-state index contributed by atoms with van der Waals surface area (Å²) in [5.74, 6) is -0.0976. The Kier molecular flexibility index (Phi) is 7.52. The highest BCUT2D eigenvalue weighted by Gasteiger charge is 2.37. The molecule has 1 aromatic heterocycles. The van der Waals surface area contributed by atoms with Crippen LogP contribution in [0.5, 0.6) is 0 Å². The summed E-state index contributed by atoms with van der Waals surface area (Å²) in [6.07, 6.45) is 5.18. The van der Waals surface area contributed by atoms with Crippen LogP contribution in [0.25, 0.3) is 17.4 Å². The van der Waals surface area contributed by atoms with Gasteiger partial charge >= 0.3 is 5.97 Å². The summed E-state index contributed by atoms with van der Waals surface area (Å²) in [6, 6.07) is 10.3. The standard InChI is InChI=1S/C25H26N2O6S/c1-2-3-14-32-24(30)18-8-6-17(7-9-18)20-11-10-19(33-20)15-21-23(29)27(25(31)34-21)16-22(28)26-12-4-5-13-26/h6-11,15H,2-5,12-14,16H2,1H3/b21-15-. The number of esters is 1. The number of imide groups is 1. The second kappa shape index (κ2) is 10.7. The molecule has 3 amide bonds. The number of furan rings is 1. The van der Waals surface area contributed by atoms with Gasteiger partial charge in [-0.3, -0.25) is 19.3 Å². The van der Waals surface area contributed by atoms with Crippen LogP contribution in [0, 0.1) is 0 Å². The molecule has 0 saturated carbocycles. The Balaban J connectivity index is 1.40. The first-order valence-electron chi connectivity index (χ1n) is 11.4. The molecule has 2 saturated heterocycles. The molecule has 0 unspecified atom stereocenters. The van der Waals surface area contributed by atoms with E-state index in [0.717, 1.165) is 47.9 Å². The number of unbranched alkanes of at least 4 members (excludes halogenated alkanes) is 1. The predicted molar refractivity (Wildman–Crippen MR) is 128 cm³/mol. The molecule has 3 heterocycles.